The number of carbonyl (C=O) groups excluding carboxylic acids is 2. The zero-order valence-electron chi connectivity index (χ0n) is 17.2. The summed E-state index contributed by atoms with van der Waals surface area (Å²) in [5, 5.41) is 0. The molecule has 29 heavy (non-hydrogen) atoms. The fraction of sp³-hybridized carbons (Fsp3) is 0.417. The van der Waals surface area contributed by atoms with E-state index in [1.807, 2.05) is 72.2 Å². The van der Waals surface area contributed by atoms with Crippen LogP contribution >= 0.6 is 0 Å². The van der Waals surface area contributed by atoms with Crippen LogP contribution in [0.4, 0.5) is 5.69 Å². The number of rotatable bonds is 4. The zero-order chi connectivity index (χ0) is 20.6. The van der Waals surface area contributed by atoms with Crippen LogP contribution in [0.3, 0.4) is 0 Å². The summed E-state index contributed by atoms with van der Waals surface area (Å²) in [5.41, 5.74) is 8.89. The number of piperidine rings is 1. The number of para-hydroxylation sites is 1. The monoisotopic (exact) mass is 391 g/mol. The van der Waals surface area contributed by atoms with Crippen molar-refractivity contribution in [3.05, 3.63) is 65.7 Å². The fourth-order valence-electron chi connectivity index (χ4n) is 4.63. The molecule has 0 saturated carbocycles. The molecule has 0 aliphatic carbocycles. The topological polar surface area (TPSA) is 66.6 Å². The summed E-state index contributed by atoms with van der Waals surface area (Å²) in [5.74, 6) is 0.157. The second kappa shape index (κ2) is 7.64. The maximum absolute atomic E-state index is 13.1. The average Bonchev–Trinajstić information content (AvgIpc) is 2.94. The number of nitrogens with zero attached hydrogens (tertiary/aromatic N) is 2. The van der Waals surface area contributed by atoms with Gasteiger partial charge in [0.15, 0.2) is 0 Å². The highest BCUT2D eigenvalue weighted by atomic mass is 16.2. The second-order valence-corrected chi connectivity index (χ2v) is 8.67. The molecule has 2 aromatic carbocycles. The van der Waals surface area contributed by atoms with E-state index >= 15 is 0 Å². The van der Waals surface area contributed by atoms with Gasteiger partial charge < -0.3 is 15.5 Å². The summed E-state index contributed by atoms with van der Waals surface area (Å²) in [6, 6.07) is 17.5. The van der Waals surface area contributed by atoms with Crippen molar-refractivity contribution in [3.63, 3.8) is 0 Å². The number of benzene rings is 2. The Morgan fingerprint density at radius 2 is 1.69 bits per heavy atom. The number of carbonyl (C=O) groups is 2. The maximum Gasteiger partial charge on any atom is 0.239 e. The van der Waals surface area contributed by atoms with Crippen LogP contribution in [-0.2, 0) is 21.4 Å². The van der Waals surface area contributed by atoms with Crippen LogP contribution in [0.15, 0.2) is 54.6 Å². The zero-order valence-corrected chi connectivity index (χ0v) is 17.2. The first-order valence-corrected chi connectivity index (χ1v) is 10.4. The number of hydrogen-bond donors (Lipinski definition) is 1. The third kappa shape index (κ3) is 3.55. The van der Waals surface area contributed by atoms with Crippen LogP contribution in [0.25, 0.3) is 0 Å². The Bertz CT molecular complexity index is 901. The van der Waals surface area contributed by atoms with Crippen molar-refractivity contribution >= 4 is 17.5 Å². The Labute approximate surface area is 172 Å². The molecule has 0 aromatic heterocycles. The average molecular weight is 392 g/mol. The lowest BCUT2D eigenvalue weighted by molar-refractivity contribution is -0.133. The van der Waals surface area contributed by atoms with Crippen molar-refractivity contribution in [2.24, 2.45) is 5.73 Å². The Morgan fingerprint density at radius 1 is 1.07 bits per heavy atom. The molecule has 4 rings (SSSR count). The van der Waals surface area contributed by atoms with Crippen molar-refractivity contribution in [2.45, 2.75) is 50.6 Å². The molecule has 152 valence electrons. The molecule has 0 spiro atoms. The van der Waals surface area contributed by atoms with Crippen LogP contribution in [-0.4, -0.2) is 41.9 Å². The van der Waals surface area contributed by atoms with Crippen molar-refractivity contribution in [3.8, 4) is 0 Å². The van der Waals surface area contributed by atoms with Crippen LogP contribution in [0.5, 0.6) is 0 Å². The molecule has 1 saturated heterocycles. The quantitative estimate of drug-likeness (QED) is 0.872. The van der Waals surface area contributed by atoms with E-state index in [1.54, 1.807) is 0 Å². The smallest absolute Gasteiger partial charge is 0.239 e. The van der Waals surface area contributed by atoms with E-state index in [4.69, 9.17) is 5.73 Å². The molecule has 0 radical (unpaired) electrons. The maximum atomic E-state index is 13.1. The highest BCUT2D eigenvalue weighted by molar-refractivity contribution is 6.08. The number of nitrogens with two attached hydrogens (primary N) is 1. The molecular formula is C24H29N3O2. The molecule has 2 amide bonds. The normalized spacial score (nSPS) is 19.9. The summed E-state index contributed by atoms with van der Waals surface area (Å²) in [7, 11) is 0. The summed E-state index contributed by atoms with van der Waals surface area (Å²) >= 11 is 0. The van der Waals surface area contributed by atoms with Gasteiger partial charge in [0.25, 0.3) is 0 Å². The van der Waals surface area contributed by atoms with Gasteiger partial charge in [0, 0.05) is 24.8 Å². The van der Waals surface area contributed by atoms with Crippen molar-refractivity contribution in [1.29, 1.82) is 0 Å². The third-order valence-electron chi connectivity index (χ3n) is 6.35. The SMILES string of the molecule is CC1(C)C(=O)N(C2CCN(C(=O)[C@@H](N)Cc3ccccc3)CC2)c2ccccc21. The van der Waals surface area contributed by atoms with Gasteiger partial charge in [-0.25, -0.2) is 0 Å². The summed E-state index contributed by atoms with van der Waals surface area (Å²) in [6.07, 6.45) is 2.10. The molecule has 0 bridgehead atoms. The minimum Gasteiger partial charge on any atom is -0.341 e. The number of amides is 2. The first-order chi connectivity index (χ1) is 13.9. The predicted octanol–water partition coefficient (Wildman–Crippen LogP) is 2.87. The molecule has 2 aromatic rings. The van der Waals surface area contributed by atoms with Crippen molar-refractivity contribution in [1.82, 2.24) is 4.90 Å². The minimum atomic E-state index is -0.526. The number of likely N-dealkylation sites (tertiary alicyclic amines) is 1. The largest absolute Gasteiger partial charge is 0.341 e. The van der Waals surface area contributed by atoms with Gasteiger partial charge in [-0.05, 0) is 50.3 Å². The number of hydrogen-bond acceptors (Lipinski definition) is 3. The Hall–Kier alpha value is -2.66. The Morgan fingerprint density at radius 3 is 2.38 bits per heavy atom. The van der Waals surface area contributed by atoms with Crippen LogP contribution < -0.4 is 10.6 Å². The minimum absolute atomic E-state index is 0.000724. The highest BCUT2D eigenvalue weighted by Gasteiger charge is 2.46. The van der Waals surface area contributed by atoms with Gasteiger partial charge in [-0.2, -0.15) is 0 Å². The van der Waals surface area contributed by atoms with Gasteiger partial charge in [0.2, 0.25) is 11.8 Å². The van der Waals surface area contributed by atoms with Crippen LogP contribution in [0.1, 0.15) is 37.8 Å². The van der Waals surface area contributed by atoms with E-state index in [0.29, 0.717) is 19.5 Å². The standard InChI is InChI=1S/C24H29N3O2/c1-24(2)19-10-6-7-11-21(19)27(23(24)29)18-12-14-26(15-13-18)22(28)20(25)16-17-8-4-3-5-9-17/h3-11,18,20H,12-16,25H2,1-2H3/t20-/m0/s1. The fourth-order valence-corrected chi connectivity index (χ4v) is 4.63. The Kier molecular flexibility index (Phi) is 5.17. The van der Waals surface area contributed by atoms with Crippen LogP contribution in [0, 0.1) is 0 Å². The lowest BCUT2D eigenvalue weighted by atomic mass is 9.86. The van der Waals surface area contributed by atoms with Gasteiger partial charge in [-0.15, -0.1) is 0 Å². The molecular weight excluding hydrogens is 362 g/mol. The first-order valence-electron chi connectivity index (χ1n) is 10.4. The summed E-state index contributed by atoms with van der Waals surface area (Å²) < 4.78 is 0. The van der Waals surface area contributed by atoms with Gasteiger partial charge >= 0.3 is 0 Å². The van der Waals surface area contributed by atoms with E-state index in [9.17, 15) is 9.59 Å². The second-order valence-electron chi connectivity index (χ2n) is 8.67. The molecule has 2 aliphatic heterocycles. The van der Waals surface area contributed by atoms with E-state index in [0.717, 1.165) is 29.7 Å². The first kappa shape index (κ1) is 19.6. The van der Waals surface area contributed by atoms with Crippen molar-refractivity contribution in [2.75, 3.05) is 18.0 Å². The molecule has 0 unspecified atom stereocenters. The Balaban J connectivity index is 1.41. The van der Waals surface area contributed by atoms with E-state index < -0.39 is 11.5 Å². The summed E-state index contributed by atoms with van der Waals surface area (Å²) in [4.78, 5) is 29.8. The molecule has 5 heteroatoms. The van der Waals surface area contributed by atoms with Crippen molar-refractivity contribution < 1.29 is 9.59 Å². The molecule has 2 heterocycles. The predicted molar refractivity (Wildman–Crippen MR) is 115 cm³/mol. The van der Waals surface area contributed by atoms with Gasteiger partial charge in [-0.1, -0.05) is 48.5 Å². The van der Waals surface area contributed by atoms with Crippen LogP contribution in [0.2, 0.25) is 0 Å². The lowest BCUT2D eigenvalue weighted by Crippen LogP contribution is -2.53. The van der Waals surface area contributed by atoms with Gasteiger partial charge in [0.1, 0.15) is 0 Å². The van der Waals surface area contributed by atoms with Gasteiger partial charge in [-0.3, -0.25) is 9.59 Å². The van der Waals surface area contributed by atoms with E-state index in [-0.39, 0.29) is 17.9 Å². The number of anilines is 1. The highest BCUT2D eigenvalue weighted by Crippen LogP contribution is 2.43. The van der Waals surface area contributed by atoms with E-state index in [2.05, 4.69) is 6.07 Å². The number of fused-ring (bicyclic) bond motifs is 1. The third-order valence-corrected chi connectivity index (χ3v) is 6.35. The lowest BCUT2D eigenvalue weighted by Gasteiger charge is -2.38. The van der Waals surface area contributed by atoms with Gasteiger partial charge in [0.05, 0.1) is 11.5 Å². The molecule has 5 nitrogen and oxygen atoms in total. The summed E-state index contributed by atoms with van der Waals surface area (Å²) in [6.45, 7) is 5.27. The molecule has 2 aliphatic rings. The molecule has 2 N–H and O–H groups in total. The molecule has 1 atom stereocenters. The van der Waals surface area contributed by atoms with E-state index in [1.165, 1.54) is 0 Å². The molecule has 1 fully saturated rings.